The fourth-order valence-corrected chi connectivity index (χ4v) is 1.95. The molecule has 1 heterocycles. The number of carbonyl (C=O) groups excluding carboxylic acids is 1. The van der Waals surface area contributed by atoms with E-state index in [2.05, 4.69) is 0 Å². The van der Waals surface area contributed by atoms with Crippen LogP contribution >= 0.6 is 0 Å². The molecule has 0 aliphatic carbocycles. The summed E-state index contributed by atoms with van der Waals surface area (Å²) in [5.74, 6) is 0.320. The number of furan rings is 1. The van der Waals surface area contributed by atoms with Gasteiger partial charge in [-0.1, -0.05) is 42.5 Å². The van der Waals surface area contributed by atoms with Gasteiger partial charge < -0.3 is 9.15 Å². The quantitative estimate of drug-likeness (QED) is 0.666. The second-order valence-electron chi connectivity index (χ2n) is 4.19. The summed E-state index contributed by atoms with van der Waals surface area (Å²) in [6, 6.07) is 16.7. The molecule has 0 fully saturated rings. The van der Waals surface area contributed by atoms with Crippen molar-refractivity contribution in [1.29, 1.82) is 0 Å². The van der Waals surface area contributed by atoms with Crippen molar-refractivity contribution < 1.29 is 13.9 Å². The van der Waals surface area contributed by atoms with Gasteiger partial charge in [-0.2, -0.15) is 0 Å². The highest BCUT2D eigenvalue weighted by molar-refractivity contribution is 5.89. The minimum atomic E-state index is -0.346. The first-order valence-electron chi connectivity index (χ1n) is 6.02. The lowest BCUT2D eigenvalue weighted by atomic mass is 10.2. The molecular weight excluding hydrogens is 240 g/mol. The van der Waals surface area contributed by atoms with Gasteiger partial charge >= 0.3 is 5.97 Å². The van der Waals surface area contributed by atoms with Crippen LogP contribution in [0.15, 0.2) is 65.3 Å². The van der Waals surface area contributed by atoms with E-state index in [-0.39, 0.29) is 12.6 Å². The Labute approximate surface area is 110 Å². The first kappa shape index (κ1) is 11.5. The molecule has 1 aromatic heterocycles. The largest absolute Gasteiger partial charge is 0.464 e. The van der Waals surface area contributed by atoms with Gasteiger partial charge in [0.2, 0.25) is 0 Å². The molecule has 19 heavy (non-hydrogen) atoms. The molecule has 0 spiro atoms. The average molecular weight is 252 g/mol. The van der Waals surface area contributed by atoms with E-state index >= 15 is 0 Å². The summed E-state index contributed by atoms with van der Waals surface area (Å²) in [4.78, 5) is 11.8. The Morgan fingerprint density at radius 1 is 1.00 bits per heavy atom. The van der Waals surface area contributed by atoms with Crippen LogP contribution in [0, 0.1) is 0 Å². The lowest BCUT2D eigenvalue weighted by Crippen LogP contribution is -2.04. The Hall–Kier alpha value is -2.55. The van der Waals surface area contributed by atoms with Gasteiger partial charge in [-0.3, -0.25) is 0 Å². The van der Waals surface area contributed by atoms with Crippen molar-refractivity contribution in [2.75, 3.05) is 0 Å². The molecule has 0 atom stereocenters. The Balaban J connectivity index is 1.75. The fourth-order valence-electron chi connectivity index (χ4n) is 1.95. The number of fused-ring (bicyclic) bond motifs is 1. The van der Waals surface area contributed by atoms with Crippen LogP contribution in [-0.4, -0.2) is 5.97 Å². The van der Waals surface area contributed by atoms with Crippen LogP contribution in [0.5, 0.6) is 0 Å². The minimum absolute atomic E-state index is 0.140. The van der Waals surface area contributed by atoms with Crippen molar-refractivity contribution in [2.45, 2.75) is 6.61 Å². The number of hydrogen-bond donors (Lipinski definition) is 0. The summed E-state index contributed by atoms with van der Waals surface area (Å²) in [6.07, 6.45) is 1.67. The molecule has 2 aromatic carbocycles. The zero-order chi connectivity index (χ0) is 13.1. The molecule has 0 N–H and O–H groups in total. The molecule has 94 valence electrons. The van der Waals surface area contributed by atoms with E-state index in [1.54, 1.807) is 30.5 Å². The molecule has 0 amide bonds. The molecule has 3 heteroatoms. The van der Waals surface area contributed by atoms with E-state index in [0.29, 0.717) is 11.3 Å². The summed E-state index contributed by atoms with van der Waals surface area (Å²) < 4.78 is 10.7. The average Bonchev–Trinajstić information content (AvgIpc) is 2.89. The monoisotopic (exact) mass is 252 g/mol. The smallest absolute Gasteiger partial charge is 0.338 e. The standard InChI is InChI=1S/C16H12O3/c17-16(12-6-2-1-3-7-12)19-11-15-14-9-5-4-8-13(14)10-18-15/h1-10H,11H2. The predicted molar refractivity (Wildman–Crippen MR) is 71.8 cm³/mol. The van der Waals surface area contributed by atoms with Crippen LogP contribution in [0.4, 0.5) is 0 Å². The SMILES string of the molecule is O=C(OCc1occ2ccccc12)c1ccccc1. The van der Waals surface area contributed by atoms with Gasteiger partial charge in [0.05, 0.1) is 11.8 Å². The van der Waals surface area contributed by atoms with Crippen LogP contribution in [0.25, 0.3) is 10.8 Å². The third-order valence-corrected chi connectivity index (χ3v) is 2.93. The van der Waals surface area contributed by atoms with Gasteiger partial charge in [-0.25, -0.2) is 4.79 Å². The zero-order valence-electron chi connectivity index (χ0n) is 10.2. The van der Waals surface area contributed by atoms with Crippen molar-refractivity contribution >= 4 is 16.7 Å². The zero-order valence-corrected chi connectivity index (χ0v) is 10.2. The number of benzene rings is 2. The molecule has 3 rings (SSSR count). The van der Waals surface area contributed by atoms with Crippen LogP contribution in [0.2, 0.25) is 0 Å². The molecular formula is C16H12O3. The second kappa shape index (κ2) is 4.98. The van der Waals surface area contributed by atoms with Crippen molar-refractivity contribution in [3.8, 4) is 0 Å². The number of ether oxygens (including phenoxy) is 1. The highest BCUT2D eigenvalue weighted by atomic mass is 16.5. The number of esters is 1. The van der Waals surface area contributed by atoms with E-state index in [1.165, 1.54) is 0 Å². The molecule has 0 saturated heterocycles. The summed E-state index contributed by atoms with van der Waals surface area (Å²) in [5.41, 5.74) is 0.540. The molecule has 3 nitrogen and oxygen atoms in total. The number of carbonyl (C=O) groups is 1. The number of rotatable bonds is 3. The molecule has 0 aliphatic rings. The highest BCUT2D eigenvalue weighted by Gasteiger charge is 2.10. The van der Waals surface area contributed by atoms with Gasteiger partial charge in [0.25, 0.3) is 0 Å². The summed E-state index contributed by atoms with van der Waals surface area (Å²) in [7, 11) is 0. The van der Waals surface area contributed by atoms with E-state index in [9.17, 15) is 4.79 Å². The normalized spacial score (nSPS) is 10.5. The molecule has 3 aromatic rings. The third-order valence-electron chi connectivity index (χ3n) is 2.93. The summed E-state index contributed by atoms with van der Waals surface area (Å²) in [5, 5.41) is 1.98. The Kier molecular flexibility index (Phi) is 3.02. The maximum atomic E-state index is 11.8. The first-order chi connectivity index (χ1) is 9.34. The second-order valence-corrected chi connectivity index (χ2v) is 4.19. The van der Waals surface area contributed by atoms with Gasteiger partial charge in [-0.05, 0) is 12.1 Å². The van der Waals surface area contributed by atoms with Crippen LogP contribution in [0.1, 0.15) is 16.1 Å². The summed E-state index contributed by atoms with van der Waals surface area (Å²) in [6.45, 7) is 0.140. The van der Waals surface area contributed by atoms with Crippen molar-refractivity contribution in [3.05, 3.63) is 72.2 Å². The van der Waals surface area contributed by atoms with Crippen LogP contribution < -0.4 is 0 Å². The Bertz CT molecular complexity index is 698. The van der Waals surface area contributed by atoms with Crippen LogP contribution in [0.3, 0.4) is 0 Å². The number of hydrogen-bond acceptors (Lipinski definition) is 3. The third kappa shape index (κ3) is 2.36. The van der Waals surface area contributed by atoms with Gasteiger partial charge in [0.1, 0.15) is 12.4 Å². The molecule has 0 aliphatic heterocycles. The topological polar surface area (TPSA) is 39.4 Å². The van der Waals surface area contributed by atoms with E-state index in [4.69, 9.17) is 9.15 Å². The van der Waals surface area contributed by atoms with E-state index in [1.807, 2.05) is 30.3 Å². The molecule has 0 unspecified atom stereocenters. The fraction of sp³-hybridized carbons (Fsp3) is 0.0625. The molecule has 0 bridgehead atoms. The highest BCUT2D eigenvalue weighted by Crippen LogP contribution is 2.21. The van der Waals surface area contributed by atoms with E-state index < -0.39 is 0 Å². The Morgan fingerprint density at radius 2 is 1.74 bits per heavy atom. The lowest BCUT2D eigenvalue weighted by molar-refractivity contribution is 0.0448. The van der Waals surface area contributed by atoms with E-state index in [0.717, 1.165) is 10.8 Å². The maximum absolute atomic E-state index is 11.8. The lowest BCUT2D eigenvalue weighted by Gasteiger charge is -2.03. The van der Waals surface area contributed by atoms with Gasteiger partial charge in [-0.15, -0.1) is 0 Å². The van der Waals surface area contributed by atoms with Gasteiger partial charge in [0.15, 0.2) is 0 Å². The maximum Gasteiger partial charge on any atom is 0.338 e. The van der Waals surface area contributed by atoms with Crippen LogP contribution in [-0.2, 0) is 11.3 Å². The predicted octanol–water partition coefficient (Wildman–Crippen LogP) is 3.79. The molecule has 0 saturated carbocycles. The molecule has 0 radical (unpaired) electrons. The summed E-state index contributed by atoms with van der Waals surface area (Å²) >= 11 is 0. The Morgan fingerprint density at radius 3 is 2.58 bits per heavy atom. The van der Waals surface area contributed by atoms with Crippen molar-refractivity contribution in [3.63, 3.8) is 0 Å². The van der Waals surface area contributed by atoms with Crippen molar-refractivity contribution in [2.24, 2.45) is 0 Å². The van der Waals surface area contributed by atoms with Gasteiger partial charge in [0, 0.05) is 10.8 Å². The minimum Gasteiger partial charge on any atom is -0.464 e. The first-order valence-corrected chi connectivity index (χ1v) is 6.02. The van der Waals surface area contributed by atoms with Crippen molar-refractivity contribution in [1.82, 2.24) is 0 Å².